The van der Waals surface area contributed by atoms with Gasteiger partial charge in [-0.25, -0.2) is 0 Å². The molecule has 3 N–H and O–H groups in total. The molecule has 0 spiro atoms. The fourth-order valence-electron chi connectivity index (χ4n) is 2.05. The molecule has 1 aliphatic rings. The Labute approximate surface area is 86.5 Å². The molecular weight excluding hydrogens is 204 g/mol. The lowest BCUT2D eigenvalue weighted by atomic mass is 9.97. The van der Waals surface area contributed by atoms with Crippen molar-refractivity contribution in [3.63, 3.8) is 0 Å². The summed E-state index contributed by atoms with van der Waals surface area (Å²) in [5, 5.41) is 26.8. The summed E-state index contributed by atoms with van der Waals surface area (Å²) in [5.74, 6) is -4.30. The molecule has 2 atom stereocenters. The second-order valence-electron chi connectivity index (χ2n) is 3.84. The molecule has 6 heteroatoms. The first-order valence-electron chi connectivity index (χ1n) is 4.57. The zero-order chi connectivity index (χ0) is 11.6. The Morgan fingerprint density at radius 1 is 1.27 bits per heavy atom. The van der Waals surface area contributed by atoms with E-state index in [-0.39, 0.29) is 19.4 Å². The highest BCUT2D eigenvalue weighted by atomic mass is 16.5. The number of ether oxygens (including phenoxy) is 1. The van der Waals surface area contributed by atoms with Crippen molar-refractivity contribution in [2.75, 3.05) is 13.7 Å². The van der Waals surface area contributed by atoms with E-state index in [1.165, 1.54) is 7.11 Å². The predicted octanol–water partition coefficient (Wildman–Crippen LogP) is -0.441. The van der Waals surface area contributed by atoms with Crippen molar-refractivity contribution in [1.29, 1.82) is 0 Å². The smallest absolute Gasteiger partial charge is 0.307 e. The third kappa shape index (κ3) is 2.10. The number of aliphatic carboxylic acids is 2. The van der Waals surface area contributed by atoms with E-state index in [2.05, 4.69) is 0 Å². The quantitative estimate of drug-likeness (QED) is 0.591. The summed E-state index contributed by atoms with van der Waals surface area (Å²) < 4.78 is 5.03. The first-order chi connectivity index (χ1) is 6.95. The van der Waals surface area contributed by atoms with Crippen LogP contribution in [0.15, 0.2) is 0 Å². The molecule has 15 heavy (non-hydrogen) atoms. The summed E-state index contributed by atoms with van der Waals surface area (Å²) in [7, 11) is 1.35. The summed E-state index contributed by atoms with van der Waals surface area (Å²) >= 11 is 0. The molecule has 0 radical (unpaired) electrons. The second-order valence-corrected chi connectivity index (χ2v) is 3.84. The zero-order valence-corrected chi connectivity index (χ0v) is 8.34. The molecule has 0 saturated heterocycles. The molecule has 1 fully saturated rings. The second kappa shape index (κ2) is 4.16. The van der Waals surface area contributed by atoms with Crippen LogP contribution < -0.4 is 0 Å². The van der Waals surface area contributed by atoms with Crippen LogP contribution in [0.5, 0.6) is 0 Å². The molecule has 0 aromatic carbocycles. The number of carboxylic acid groups (broad SMARTS) is 2. The van der Waals surface area contributed by atoms with E-state index < -0.39 is 29.4 Å². The van der Waals surface area contributed by atoms with Crippen molar-refractivity contribution < 1.29 is 29.6 Å². The number of hydrogen-bond acceptors (Lipinski definition) is 4. The van der Waals surface area contributed by atoms with E-state index in [4.69, 9.17) is 20.1 Å². The van der Waals surface area contributed by atoms with Crippen LogP contribution in [0.2, 0.25) is 0 Å². The fraction of sp³-hybridized carbons (Fsp3) is 0.778. The van der Waals surface area contributed by atoms with Gasteiger partial charge in [0.05, 0.1) is 24.0 Å². The molecule has 0 bridgehead atoms. The first-order valence-corrected chi connectivity index (χ1v) is 4.57. The zero-order valence-electron chi connectivity index (χ0n) is 8.34. The van der Waals surface area contributed by atoms with E-state index in [0.29, 0.717) is 0 Å². The highest BCUT2D eigenvalue weighted by molar-refractivity contribution is 5.81. The Hall–Kier alpha value is -1.14. The van der Waals surface area contributed by atoms with Gasteiger partial charge >= 0.3 is 11.9 Å². The molecule has 0 aromatic heterocycles. The molecule has 6 nitrogen and oxygen atoms in total. The average molecular weight is 218 g/mol. The number of aliphatic hydroxyl groups is 1. The van der Waals surface area contributed by atoms with Gasteiger partial charge in [-0.2, -0.15) is 0 Å². The van der Waals surface area contributed by atoms with Crippen LogP contribution in [0.3, 0.4) is 0 Å². The van der Waals surface area contributed by atoms with Gasteiger partial charge in [-0.1, -0.05) is 0 Å². The molecule has 0 unspecified atom stereocenters. The van der Waals surface area contributed by atoms with Crippen molar-refractivity contribution in [3.05, 3.63) is 0 Å². The van der Waals surface area contributed by atoms with Gasteiger partial charge in [-0.3, -0.25) is 9.59 Å². The fourth-order valence-corrected chi connectivity index (χ4v) is 2.05. The highest BCUT2D eigenvalue weighted by Gasteiger charge is 2.51. The van der Waals surface area contributed by atoms with Crippen LogP contribution in [0.1, 0.15) is 12.8 Å². The normalized spacial score (nSPS) is 28.9. The summed E-state index contributed by atoms with van der Waals surface area (Å²) in [4.78, 5) is 21.7. The number of carboxylic acids is 2. The average Bonchev–Trinajstić information content (AvgIpc) is 2.58. The number of carbonyl (C=O) groups is 2. The van der Waals surface area contributed by atoms with E-state index in [1.807, 2.05) is 0 Å². The third-order valence-corrected chi connectivity index (χ3v) is 3.03. The Balaban J connectivity index is 2.90. The van der Waals surface area contributed by atoms with Crippen LogP contribution >= 0.6 is 0 Å². The first kappa shape index (κ1) is 11.9. The molecule has 0 heterocycles. The molecule has 1 aliphatic carbocycles. The lowest BCUT2D eigenvalue weighted by molar-refractivity contribution is -0.152. The largest absolute Gasteiger partial charge is 0.481 e. The van der Waals surface area contributed by atoms with E-state index in [0.717, 1.165) is 0 Å². The molecule has 0 amide bonds. The van der Waals surface area contributed by atoms with Crippen molar-refractivity contribution >= 4 is 11.9 Å². The monoisotopic (exact) mass is 218 g/mol. The van der Waals surface area contributed by atoms with Gasteiger partial charge in [0.1, 0.15) is 0 Å². The lowest BCUT2D eigenvalue weighted by Gasteiger charge is -2.24. The maximum Gasteiger partial charge on any atom is 0.307 e. The Kier molecular flexibility index (Phi) is 3.31. The van der Waals surface area contributed by atoms with E-state index >= 15 is 0 Å². The maximum absolute atomic E-state index is 10.8. The molecule has 1 saturated carbocycles. The van der Waals surface area contributed by atoms with Crippen LogP contribution in [-0.4, -0.2) is 46.6 Å². The SMILES string of the molecule is COC1(CO)C[C@H](C(=O)O)[C@@H](C(=O)O)C1. The Morgan fingerprint density at radius 2 is 1.67 bits per heavy atom. The Morgan fingerprint density at radius 3 is 1.87 bits per heavy atom. The van der Waals surface area contributed by atoms with Crippen LogP contribution in [0.4, 0.5) is 0 Å². The van der Waals surface area contributed by atoms with Gasteiger partial charge in [0.15, 0.2) is 0 Å². The standard InChI is InChI=1S/C9H14O6/c1-15-9(4-10)2-5(7(11)12)6(3-9)8(13)14/h5-6,10H,2-4H2,1H3,(H,11,12)(H,13,14)/t5-,6-/m0/s1. The molecular formula is C9H14O6. The third-order valence-electron chi connectivity index (χ3n) is 3.03. The van der Waals surface area contributed by atoms with Crippen molar-refractivity contribution in [3.8, 4) is 0 Å². The van der Waals surface area contributed by atoms with Crippen molar-refractivity contribution in [2.45, 2.75) is 18.4 Å². The number of aliphatic hydroxyl groups excluding tert-OH is 1. The Bertz CT molecular complexity index is 246. The van der Waals surface area contributed by atoms with Crippen molar-refractivity contribution in [1.82, 2.24) is 0 Å². The minimum absolute atomic E-state index is 0.0340. The predicted molar refractivity (Wildman–Crippen MR) is 48.3 cm³/mol. The van der Waals surface area contributed by atoms with Gasteiger partial charge in [-0.15, -0.1) is 0 Å². The van der Waals surface area contributed by atoms with E-state index in [1.54, 1.807) is 0 Å². The minimum atomic E-state index is -1.16. The minimum Gasteiger partial charge on any atom is -0.481 e. The summed E-state index contributed by atoms with van der Waals surface area (Å²) in [5.41, 5.74) is -1.02. The number of methoxy groups -OCH3 is 1. The molecule has 0 aliphatic heterocycles. The topological polar surface area (TPSA) is 104 Å². The summed E-state index contributed by atoms with van der Waals surface area (Å²) in [6, 6.07) is 0. The van der Waals surface area contributed by atoms with Gasteiger partial charge in [-0.05, 0) is 12.8 Å². The van der Waals surface area contributed by atoms with Gasteiger partial charge < -0.3 is 20.1 Å². The molecule has 86 valence electrons. The number of rotatable bonds is 4. The van der Waals surface area contributed by atoms with Crippen molar-refractivity contribution in [2.24, 2.45) is 11.8 Å². The maximum atomic E-state index is 10.8. The van der Waals surface area contributed by atoms with Crippen LogP contribution in [0, 0.1) is 11.8 Å². The van der Waals surface area contributed by atoms with Crippen LogP contribution in [0.25, 0.3) is 0 Å². The summed E-state index contributed by atoms with van der Waals surface area (Å²) in [6.07, 6.45) is 0.0681. The van der Waals surface area contributed by atoms with Crippen LogP contribution in [-0.2, 0) is 14.3 Å². The summed E-state index contributed by atoms with van der Waals surface area (Å²) in [6.45, 7) is -0.364. The van der Waals surface area contributed by atoms with Gasteiger partial charge in [0, 0.05) is 7.11 Å². The van der Waals surface area contributed by atoms with Gasteiger partial charge in [0.25, 0.3) is 0 Å². The number of hydrogen-bond donors (Lipinski definition) is 3. The highest BCUT2D eigenvalue weighted by Crippen LogP contribution is 2.41. The lowest BCUT2D eigenvalue weighted by Crippen LogP contribution is -2.33. The molecule has 1 rings (SSSR count). The van der Waals surface area contributed by atoms with E-state index in [9.17, 15) is 9.59 Å². The molecule has 0 aromatic rings. The van der Waals surface area contributed by atoms with Gasteiger partial charge in [0.2, 0.25) is 0 Å².